The van der Waals surface area contributed by atoms with Crippen molar-refractivity contribution in [2.45, 2.75) is 37.0 Å². The van der Waals surface area contributed by atoms with E-state index in [2.05, 4.69) is 10.6 Å². The number of hydrogen-bond donors (Lipinski definition) is 3. The lowest BCUT2D eigenvalue weighted by Crippen LogP contribution is -2.45. The topological polar surface area (TPSA) is 78.4 Å². The molecule has 0 aliphatic carbocycles. The quantitative estimate of drug-likeness (QED) is 0.739. The molecule has 0 radical (unpaired) electrons. The van der Waals surface area contributed by atoms with E-state index in [-0.39, 0.29) is 17.7 Å². The number of hydrogen-bond acceptors (Lipinski definition) is 4. The first-order valence-electron chi connectivity index (χ1n) is 5.95. The molecule has 0 spiro atoms. The lowest BCUT2D eigenvalue weighted by molar-refractivity contribution is -0.119. The fraction of sp³-hybridized carbons (Fsp3) is 0.385. The molecule has 0 aliphatic heterocycles. The maximum atomic E-state index is 11.8. The fourth-order valence-electron chi connectivity index (χ4n) is 1.29. The average molecular weight is 282 g/mol. The highest BCUT2D eigenvalue weighted by molar-refractivity contribution is 8.00. The Morgan fingerprint density at radius 2 is 1.74 bits per heavy atom. The molecular formula is C13H18N2O3S. The van der Waals surface area contributed by atoms with Gasteiger partial charge in [0.25, 0.3) is 0 Å². The number of amides is 3. The lowest BCUT2D eigenvalue weighted by Gasteiger charge is -2.13. The normalized spacial score (nSPS) is 12.0. The molecule has 3 N–H and O–H groups in total. The van der Waals surface area contributed by atoms with Gasteiger partial charge >= 0.3 is 6.03 Å². The van der Waals surface area contributed by atoms with Crippen molar-refractivity contribution in [3.8, 4) is 5.75 Å². The van der Waals surface area contributed by atoms with E-state index in [1.54, 1.807) is 31.2 Å². The van der Waals surface area contributed by atoms with Crippen molar-refractivity contribution in [1.29, 1.82) is 0 Å². The molecule has 1 aromatic carbocycles. The number of nitrogens with one attached hydrogen (secondary N) is 2. The van der Waals surface area contributed by atoms with Crippen LogP contribution in [-0.2, 0) is 4.79 Å². The van der Waals surface area contributed by atoms with Crippen LogP contribution in [0.3, 0.4) is 0 Å². The second kappa shape index (κ2) is 7.04. The number of benzene rings is 1. The van der Waals surface area contributed by atoms with Gasteiger partial charge in [0.15, 0.2) is 0 Å². The van der Waals surface area contributed by atoms with Crippen molar-refractivity contribution in [3.05, 3.63) is 24.3 Å². The molecule has 0 aromatic heterocycles. The summed E-state index contributed by atoms with van der Waals surface area (Å²) in [6, 6.07) is 6.04. The Morgan fingerprint density at radius 3 is 2.26 bits per heavy atom. The minimum atomic E-state index is -0.488. The molecule has 1 rings (SSSR count). The van der Waals surface area contributed by atoms with Gasteiger partial charge in [0, 0.05) is 10.9 Å². The highest BCUT2D eigenvalue weighted by Crippen LogP contribution is 2.24. The molecule has 1 aromatic rings. The van der Waals surface area contributed by atoms with Crippen molar-refractivity contribution in [1.82, 2.24) is 10.6 Å². The van der Waals surface area contributed by atoms with Gasteiger partial charge in [-0.15, -0.1) is 11.8 Å². The van der Waals surface area contributed by atoms with Gasteiger partial charge in [0.1, 0.15) is 5.75 Å². The first kappa shape index (κ1) is 15.4. The third-order valence-electron chi connectivity index (χ3n) is 2.18. The summed E-state index contributed by atoms with van der Waals surface area (Å²) in [5.41, 5.74) is 0. The lowest BCUT2D eigenvalue weighted by atomic mass is 10.3. The van der Waals surface area contributed by atoms with Crippen molar-refractivity contribution in [2.24, 2.45) is 0 Å². The fourth-order valence-corrected chi connectivity index (χ4v) is 2.16. The highest BCUT2D eigenvalue weighted by atomic mass is 32.2. The predicted molar refractivity (Wildman–Crippen MR) is 75.2 cm³/mol. The predicted octanol–water partition coefficient (Wildman–Crippen LogP) is 2.11. The number of rotatable bonds is 4. The SMILES string of the molecule is CC(C)NC(=O)NC(=O)[C@@H](C)Sc1ccc(O)cc1. The van der Waals surface area contributed by atoms with Crippen LogP contribution in [0.1, 0.15) is 20.8 Å². The summed E-state index contributed by atoms with van der Waals surface area (Å²) < 4.78 is 0. The molecule has 104 valence electrons. The van der Waals surface area contributed by atoms with E-state index in [1.807, 2.05) is 13.8 Å². The van der Waals surface area contributed by atoms with E-state index in [1.165, 1.54) is 11.8 Å². The zero-order chi connectivity index (χ0) is 14.4. The Kier molecular flexibility index (Phi) is 5.69. The minimum absolute atomic E-state index is 0.0205. The molecule has 0 fully saturated rings. The van der Waals surface area contributed by atoms with E-state index in [4.69, 9.17) is 5.11 Å². The van der Waals surface area contributed by atoms with Crippen molar-refractivity contribution >= 4 is 23.7 Å². The third kappa shape index (κ3) is 5.65. The van der Waals surface area contributed by atoms with Gasteiger partial charge in [-0.2, -0.15) is 0 Å². The molecule has 6 heteroatoms. The van der Waals surface area contributed by atoms with Crippen LogP contribution in [0.2, 0.25) is 0 Å². The average Bonchev–Trinajstić information content (AvgIpc) is 2.30. The molecule has 0 saturated heterocycles. The molecule has 5 nitrogen and oxygen atoms in total. The van der Waals surface area contributed by atoms with Crippen molar-refractivity contribution < 1.29 is 14.7 Å². The molecule has 0 unspecified atom stereocenters. The van der Waals surface area contributed by atoms with Crippen LogP contribution < -0.4 is 10.6 Å². The molecule has 0 saturated carbocycles. The van der Waals surface area contributed by atoms with Crippen LogP contribution >= 0.6 is 11.8 Å². The Morgan fingerprint density at radius 1 is 1.16 bits per heavy atom. The number of urea groups is 1. The maximum Gasteiger partial charge on any atom is 0.321 e. The molecule has 3 amide bonds. The minimum Gasteiger partial charge on any atom is -0.508 e. The van der Waals surface area contributed by atoms with E-state index >= 15 is 0 Å². The van der Waals surface area contributed by atoms with Crippen molar-refractivity contribution in [3.63, 3.8) is 0 Å². The van der Waals surface area contributed by atoms with Gasteiger partial charge < -0.3 is 10.4 Å². The van der Waals surface area contributed by atoms with Gasteiger partial charge in [0.05, 0.1) is 5.25 Å². The van der Waals surface area contributed by atoms with E-state index in [0.717, 1.165) is 4.90 Å². The van der Waals surface area contributed by atoms with Gasteiger partial charge in [-0.05, 0) is 45.0 Å². The monoisotopic (exact) mass is 282 g/mol. The first-order valence-corrected chi connectivity index (χ1v) is 6.83. The first-order chi connectivity index (χ1) is 8.88. The summed E-state index contributed by atoms with van der Waals surface area (Å²) in [6.45, 7) is 5.35. The summed E-state index contributed by atoms with van der Waals surface area (Å²) in [4.78, 5) is 24.0. The van der Waals surface area contributed by atoms with Crippen LogP contribution in [0.5, 0.6) is 5.75 Å². The summed E-state index contributed by atoms with van der Waals surface area (Å²) in [5.74, 6) is -0.172. The Labute approximate surface area is 116 Å². The third-order valence-corrected chi connectivity index (χ3v) is 3.29. The highest BCUT2D eigenvalue weighted by Gasteiger charge is 2.17. The summed E-state index contributed by atoms with van der Waals surface area (Å²) in [6.07, 6.45) is 0. The Hall–Kier alpha value is -1.69. The van der Waals surface area contributed by atoms with Gasteiger partial charge in [0.2, 0.25) is 5.91 Å². The second-order valence-electron chi connectivity index (χ2n) is 4.37. The van der Waals surface area contributed by atoms with E-state index < -0.39 is 11.3 Å². The standard InChI is InChI=1S/C13H18N2O3S/c1-8(2)14-13(18)15-12(17)9(3)19-11-6-4-10(16)5-7-11/h4-9,16H,1-3H3,(H2,14,15,17,18)/t9-/m1/s1. The Balaban J connectivity index is 2.48. The van der Waals surface area contributed by atoms with Crippen LogP contribution in [0.15, 0.2) is 29.2 Å². The molecule has 0 aliphatic rings. The molecule has 1 atom stereocenters. The summed E-state index contributed by atoms with van der Waals surface area (Å²) in [5, 5.41) is 13.6. The zero-order valence-electron chi connectivity index (χ0n) is 11.1. The van der Waals surface area contributed by atoms with E-state index in [0.29, 0.717) is 0 Å². The second-order valence-corrected chi connectivity index (χ2v) is 5.79. The van der Waals surface area contributed by atoms with Crippen LogP contribution in [-0.4, -0.2) is 28.3 Å². The van der Waals surface area contributed by atoms with Gasteiger partial charge in [-0.25, -0.2) is 4.79 Å². The number of imide groups is 1. The largest absolute Gasteiger partial charge is 0.508 e. The molecular weight excluding hydrogens is 264 g/mol. The number of carbonyl (C=O) groups is 2. The van der Waals surface area contributed by atoms with Crippen LogP contribution in [0.25, 0.3) is 0 Å². The van der Waals surface area contributed by atoms with Crippen LogP contribution in [0, 0.1) is 0 Å². The number of carbonyl (C=O) groups excluding carboxylic acids is 2. The number of phenolic OH excluding ortho intramolecular Hbond substituents is 1. The zero-order valence-corrected chi connectivity index (χ0v) is 12.0. The van der Waals surface area contributed by atoms with Crippen molar-refractivity contribution in [2.75, 3.05) is 0 Å². The number of thioether (sulfide) groups is 1. The maximum absolute atomic E-state index is 11.8. The van der Waals surface area contributed by atoms with Gasteiger partial charge in [-0.1, -0.05) is 0 Å². The smallest absolute Gasteiger partial charge is 0.321 e. The summed E-state index contributed by atoms with van der Waals surface area (Å²) >= 11 is 1.32. The number of phenols is 1. The molecule has 0 heterocycles. The van der Waals surface area contributed by atoms with E-state index in [9.17, 15) is 9.59 Å². The van der Waals surface area contributed by atoms with Crippen LogP contribution in [0.4, 0.5) is 4.79 Å². The number of aromatic hydroxyl groups is 1. The molecule has 0 bridgehead atoms. The summed E-state index contributed by atoms with van der Waals surface area (Å²) in [7, 11) is 0. The van der Waals surface area contributed by atoms with Gasteiger partial charge in [-0.3, -0.25) is 10.1 Å². The Bertz CT molecular complexity index is 446. The molecule has 19 heavy (non-hydrogen) atoms.